The van der Waals surface area contributed by atoms with Crippen LogP contribution >= 0.6 is 0 Å². The molecule has 0 saturated carbocycles. The molecule has 0 aliphatic heterocycles. The minimum Gasteiger partial charge on any atom is -0.251 e. The molecule has 0 radical (unpaired) electrons. The van der Waals surface area contributed by atoms with Crippen LogP contribution in [-0.4, -0.2) is 9.97 Å². The fraction of sp³-hybridized carbons (Fsp3) is 0.444. The molecule has 0 aliphatic rings. The maximum Gasteiger partial charge on any atom is 0.0889 e. The van der Waals surface area contributed by atoms with Crippen molar-refractivity contribution in [2.75, 3.05) is 0 Å². The molecular formula is C18H24N2. The van der Waals surface area contributed by atoms with Crippen LogP contribution in [0.1, 0.15) is 39.1 Å². The lowest BCUT2D eigenvalue weighted by atomic mass is 10.1. The molecule has 2 aromatic rings. The SMILES string of the molecule is CC(C)Cc1cccc(-c2cccc(CC(C)C)n2)n1. The van der Waals surface area contributed by atoms with Crippen LogP contribution in [0, 0.1) is 11.8 Å². The van der Waals surface area contributed by atoms with Crippen LogP contribution < -0.4 is 0 Å². The Bertz CT molecular complexity index is 507. The molecule has 2 rings (SSSR count). The first-order chi connectivity index (χ1) is 9.54. The van der Waals surface area contributed by atoms with Gasteiger partial charge >= 0.3 is 0 Å². The number of aromatic nitrogens is 2. The van der Waals surface area contributed by atoms with Crippen LogP contribution in [0.2, 0.25) is 0 Å². The fourth-order valence-corrected chi connectivity index (χ4v) is 2.31. The standard InChI is InChI=1S/C18H24N2/c1-13(2)11-15-7-5-9-17(19-15)18-10-6-8-16(20-18)12-14(3)4/h5-10,13-14H,11-12H2,1-4H3. The second-order valence-corrected chi connectivity index (χ2v) is 6.22. The Balaban J connectivity index is 2.26. The molecule has 0 amide bonds. The van der Waals surface area contributed by atoms with Crippen LogP contribution in [0.5, 0.6) is 0 Å². The van der Waals surface area contributed by atoms with Crippen LogP contribution in [0.4, 0.5) is 0 Å². The normalized spacial score (nSPS) is 11.3. The van der Waals surface area contributed by atoms with Crippen molar-refractivity contribution in [2.45, 2.75) is 40.5 Å². The summed E-state index contributed by atoms with van der Waals surface area (Å²) in [6.45, 7) is 8.87. The van der Waals surface area contributed by atoms with Gasteiger partial charge in [-0.05, 0) is 48.9 Å². The Kier molecular flexibility index (Phi) is 4.89. The van der Waals surface area contributed by atoms with Crippen LogP contribution in [0.15, 0.2) is 36.4 Å². The molecule has 2 nitrogen and oxygen atoms in total. The first kappa shape index (κ1) is 14.7. The van der Waals surface area contributed by atoms with Crippen molar-refractivity contribution >= 4 is 0 Å². The van der Waals surface area contributed by atoms with Gasteiger partial charge in [-0.3, -0.25) is 9.97 Å². The molecule has 0 aliphatic carbocycles. The second kappa shape index (κ2) is 6.65. The molecule has 2 aromatic heterocycles. The smallest absolute Gasteiger partial charge is 0.0889 e. The van der Waals surface area contributed by atoms with E-state index in [1.54, 1.807) is 0 Å². The predicted molar refractivity (Wildman–Crippen MR) is 84.6 cm³/mol. The van der Waals surface area contributed by atoms with Gasteiger partial charge in [-0.15, -0.1) is 0 Å². The molecule has 20 heavy (non-hydrogen) atoms. The average Bonchev–Trinajstić information content (AvgIpc) is 2.38. The van der Waals surface area contributed by atoms with Crippen molar-refractivity contribution in [2.24, 2.45) is 11.8 Å². The van der Waals surface area contributed by atoms with Gasteiger partial charge in [0.15, 0.2) is 0 Å². The zero-order valence-corrected chi connectivity index (χ0v) is 12.9. The third kappa shape index (κ3) is 4.16. The lowest BCUT2D eigenvalue weighted by molar-refractivity contribution is 0.633. The van der Waals surface area contributed by atoms with Gasteiger partial charge in [0.1, 0.15) is 0 Å². The highest BCUT2D eigenvalue weighted by atomic mass is 14.8. The maximum absolute atomic E-state index is 4.74. The third-order valence-electron chi connectivity index (χ3n) is 3.11. The van der Waals surface area contributed by atoms with Gasteiger partial charge in [-0.2, -0.15) is 0 Å². The highest BCUT2D eigenvalue weighted by molar-refractivity contribution is 5.54. The van der Waals surface area contributed by atoms with Crippen molar-refractivity contribution in [3.8, 4) is 11.4 Å². The summed E-state index contributed by atoms with van der Waals surface area (Å²) in [7, 11) is 0. The Morgan fingerprint density at radius 1 is 0.700 bits per heavy atom. The van der Waals surface area contributed by atoms with Crippen LogP contribution in [0.25, 0.3) is 11.4 Å². The summed E-state index contributed by atoms with van der Waals surface area (Å²) in [4.78, 5) is 9.48. The highest BCUT2D eigenvalue weighted by Crippen LogP contribution is 2.17. The summed E-state index contributed by atoms with van der Waals surface area (Å²) in [5, 5.41) is 0. The van der Waals surface area contributed by atoms with E-state index in [9.17, 15) is 0 Å². The Labute approximate surface area is 122 Å². The molecule has 106 valence electrons. The maximum atomic E-state index is 4.74. The monoisotopic (exact) mass is 268 g/mol. The summed E-state index contributed by atoms with van der Waals surface area (Å²) < 4.78 is 0. The van der Waals surface area contributed by atoms with Crippen LogP contribution in [0.3, 0.4) is 0 Å². The molecule has 0 bridgehead atoms. The van der Waals surface area contributed by atoms with E-state index >= 15 is 0 Å². The number of hydrogen-bond donors (Lipinski definition) is 0. The number of hydrogen-bond acceptors (Lipinski definition) is 2. The summed E-state index contributed by atoms with van der Waals surface area (Å²) in [5.74, 6) is 1.25. The summed E-state index contributed by atoms with van der Waals surface area (Å²) in [6, 6.07) is 12.5. The zero-order chi connectivity index (χ0) is 14.5. The van der Waals surface area contributed by atoms with Gasteiger partial charge in [0.2, 0.25) is 0 Å². The average molecular weight is 268 g/mol. The van der Waals surface area contributed by atoms with E-state index in [1.807, 2.05) is 12.1 Å². The topological polar surface area (TPSA) is 25.8 Å². The molecule has 0 spiro atoms. The molecule has 0 fully saturated rings. The summed E-state index contributed by atoms with van der Waals surface area (Å²) in [6.07, 6.45) is 2.03. The highest BCUT2D eigenvalue weighted by Gasteiger charge is 2.06. The van der Waals surface area contributed by atoms with Crippen molar-refractivity contribution in [1.82, 2.24) is 9.97 Å². The van der Waals surface area contributed by atoms with E-state index in [1.165, 1.54) is 0 Å². The first-order valence-corrected chi connectivity index (χ1v) is 7.47. The van der Waals surface area contributed by atoms with Gasteiger partial charge in [-0.1, -0.05) is 39.8 Å². The van der Waals surface area contributed by atoms with E-state index in [4.69, 9.17) is 9.97 Å². The van der Waals surface area contributed by atoms with Gasteiger partial charge in [-0.25, -0.2) is 0 Å². The largest absolute Gasteiger partial charge is 0.251 e. The molecule has 2 heteroatoms. The Morgan fingerprint density at radius 3 is 1.45 bits per heavy atom. The van der Waals surface area contributed by atoms with Gasteiger partial charge in [0.05, 0.1) is 11.4 Å². The lowest BCUT2D eigenvalue weighted by Crippen LogP contribution is -2.01. The lowest BCUT2D eigenvalue weighted by Gasteiger charge is -2.08. The predicted octanol–water partition coefficient (Wildman–Crippen LogP) is 4.54. The third-order valence-corrected chi connectivity index (χ3v) is 3.11. The van der Waals surface area contributed by atoms with E-state index in [0.29, 0.717) is 11.8 Å². The summed E-state index contributed by atoms with van der Waals surface area (Å²) >= 11 is 0. The molecule has 0 aromatic carbocycles. The molecule has 0 saturated heterocycles. The number of pyridine rings is 2. The van der Waals surface area contributed by atoms with Crippen molar-refractivity contribution in [1.29, 1.82) is 0 Å². The fourth-order valence-electron chi connectivity index (χ4n) is 2.31. The van der Waals surface area contributed by atoms with Crippen molar-refractivity contribution in [3.05, 3.63) is 47.8 Å². The van der Waals surface area contributed by atoms with E-state index in [0.717, 1.165) is 35.6 Å². The van der Waals surface area contributed by atoms with Gasteiger partial charge < -0.3 is 0 Å². The Hall–Kier alpha value is -1.70. The van der Waals surface area contributed by atoms with Crippen LogP contribution in [-0.2, 0) is 12.8 Å². The molecule has 0 atom stereocenters. The van der Waals surface area contributed by atoms with E-state index < -0.39 is 0 Å². The minimum absolute atomic E-state index is 0.623. The molecular weight excluding hydrogens is 244 g/mol. The van der Waals surface area contributed by atoms with Crippen molar-refractivity contribution in [3.63, 3.8) is 0 Å². The first-order valence-electron chi connectivity index (χ1n) is 7.47. The zero-order valence-electron chi connectivity index (χ0n) is 12.9. The second-order valence-electron chi connectivity index (χ2n) is 6.22. The van der Waals surface area contributed by atoms with E-state index in [-0.39, 0.29) is 0 Å². The molecule has 2 heterocycles. The Morgan fingerprint density at radius 2 is 1.10 bits per heavy atom. The summed E-state index contributed by atoms with van der Waals surface area (Å²) in [5.41, 5.74) is 4.25. The number of rotatable bonds is 5. The quantitative estimate of drug-likeness (QED) is 0.795. The minimum atomic E-state index is 0.623. The number of nitrogens with zero attached hydrogens (tertiary/aromatic N) is 2. The van der Waals surface area contributed by atoms with E-state index in [2.05, 4.69) is 52.0 Å². The molecule has 0 N–H and O–H groups in total. The van der Waals surface area contributed by atoms with Gasteiger partial charge in [0, 0.05) is 11.4 Å². The van der Waals surface area contributed by atoms with Crippen molar-refractivity contribution < 1.29 is 0 Å². The molecule has 0 unspecified atom stereocenters. The van der Waals surface area contributed by atoms with Gasteiger partial charge in [0.25, 0.3) is 0 Å².